The van der Waals surface area contributed by atoms with Gasteiger partial charge in [0.05, 0.1) is 12.4 Å². The minimum Gasteiger partial charge on any atom is -0.508 e. The van der Waals surface area contributed by atoms with Crippen LogP contribution < -0.4 is 43.8 Å². The van der Waals surface area contributed by atoms with Crippen LogP contribution >= 0.6 is 0 Å². The van der Waals surface area contributed by atoms with Gasteiger partial charge in [-0.1, -0.05) is 78.4 Å². The summed E-state index contributed by atoms with van der Waals surface area (Å²) >= 11 is 0. The first-order valence-electron chi connectivity index (χ1n) is 23.5. The molecule has 1 aromatic carbocycles. The molecule has 0 unspecified atom stereocenters. The summed E-state index contributed by atoms with van der Waals surface area (Å²) in [6.45, 7) is 7.47. The van der Waals surface area contributed by atoms with E-state index in [-0.39, 0.29) is 50.0 Å². The van der Waals surface area contributed by atoms with Crippen molar-refractivity contribution in [1.82, 2.24) is 41.5 Å². The van der Waals surface area contributed by atoms with Gasteiger partial charge in [0.2, 0.25) is 35.4 Å². The number of carboxylic acid groups (broad SMARTS) is 1. The minimum absolute atomic E-state index is 0.0151. The number of hydrogen-bond acceptors (Lipinski definition) is 11. The van der Waals surface area contributed by atoms with Crippen molar-refractivity contribution in [3.05, 3.63) is 48.0 Å². The Bertz CT molecular complexity index is 1990. The lowest BCUT2D eigenvalue weighted by Gasteiger charge is -2.32. The molecule has 0 spiro atoms. The first-order chi connectivity index (χ1) is 31.9. The zero-order valence-electron chi connectivity index (χ0n) is 39.2. The molecule has 2 heterocycles. The van der Waals surface area contributed by atoms with Gasteiger partial charge in [-0.2, -0.15) is 0 Å². The summed E-state index contributed by atoms with van der Waals surface area (Å²) in [6, 6.07) is -1.89. The molecule has 6 amide bonds. The van der Waals surface area contributed by atoms with Gasteiger partial charge in [-0.25, -0.2) is 9.78 Å². The second kappa shape index (κ2) is 26.2. The number of likely N-dealkylation sites (tertiary alicyclic amines) is 1. The number of benzene rings is 1. The van der Waals surface area contributed by atoms with E-state index in [9.17, 15) is 43.8 Å². The fourth-order valence-electron chi connectivity index (χ4n) is 8.57. The van der Waals surface area contributed by atoms with E-state index in [0.29, 0.717) is 43.4 Å². The molecule has 370 valence electrons. The number of nitrogens with zero attached hydrogens (tertiary/aromatic N) is 3. The maximum Gasteiger partial charge on any atom is 0.326 e. The van der Waals surface area contributed by atoms with Crippen LogP contribution in [0.15, 0.2) is 41.8 Å². The second-order valence-corrected chi connectivity index (χ2v) is 18.3. The number of phenolic OH excluding ortho intramolecular Hbond substituents is 1. The Labute approximate surface area is 392 Å². The summed E-state index contributed by atoms with van der Waals surface area (Å²) in [5.41, 5.74) is 18.0. The number of nitrogens with two attached hydrogens (primary N) is 3. The number of aliphatic carboxylic acids is 1. The van der Waals surface area contributed by atoms with Gasteiger partial charge in [0.25, 0.3) is 0 Å². The number of phenols is 1. The molecular formula is C46H72N12O9. The molecule has 2 aromatic rings. The summed E-state index contributed by atoms with van der Waals surface area (Å²) in [5.74, 6) is -5.85. The van der Waals surface area contributed by atoms with Crippen LogP contribution in [0.2, 0.25) is 0 Å². The van der Waals surface area contributed by atoms with Crippen molar-refractivity contribution in [3.63, 3.8) is 0 Å². The molecule has 8 atom stereocenters. The van der Waals surface area contributed by atoms with Crippen LogP contribution in [0.4, 0.5) is 0 Å². The van der Waals surface area contributed by atoms with Crippen molar-refractivity contribution in [2.75, 3.05) is 13.1 Å². The molecule has 2 fully saturated rings. The smallest absolute Gasteiger partial charge is 0.326 e. The van der Waals surface area contributed by atoms with E-state index in [4.69, 9.17) is 17.2 Å². The van der Waals surface area contributed by atoms with E-state index in [1.165, 1.54) is 29.6 Å². The van der Waals surface area contributed by atoms with Gasteiger partial charge in [-0.15, -0.1) is 0 Å². The number of imidazole rings is 1. The van der Waals surface area contributed by atoms with Gasteiger partial charge in [-0.05, 0) is 67.6 Å². The molecule has 67 heavy (non-hydrogen) atoms. The zero-order valence-corrected chi connectivity index (χ0v) is 39.2. The van der Waals surface area contributed by atoms with Crippen molar-refractivity contribution in [2.45, 2.75) is 153 Å². The van der Waals surface area contributed by atoms with Gasteiger partial charge in [-0.3, -0.25) is 33.8 Å². The summed E-state index contributed by atoms with van der Waals surface area (Å²) in [7, 11) is 0. The number of amides is 6. The lowest BCUT2D eigenvalue weighted by atomic mass is 9.85. The highest BCUT2D eigenvalue weighted by Gasteiger charge is 2.41. The number of carboxylic acids is 1. The molecule has 4 rings (SSSR count). The average molecular weight is 937 g/mol. The second-order valence-electron chi connectivity index (χ2n) is 18.3. The van der Waals surface area contributed by atoms with Gasteiger partial charge in [0.15, 0.2) is 5.96 Å². The number of guanidine groups is 1. The fraction of sp³-hybridized carbons (Fsp3) is 0.630. The molecule has 14 N–H and O–H groups in total. The number of aliphatic imine (C=N–C) groups is 1. The van der Waals surface area contributed by atoms with Crippen LogP contribution in [0.3, 0.4) is 0 Å². The quantitative estimate of drug-likeness (QED) is 0.0367. The predicted molar refractivity (Wildman–Crippen MR) is 249 cm³/mol. The highest BCUT2D eigenvalue weighted by atomic mass is 16.4. The van der Waals surface area contributed by atoms with E-state index in [0.717, 1.165) is 32.1 Å². The first kappa shape index (κ1) is 53.4. The van der Waals surface area contributed by atoms with E-state index >= 15 is 0 Å². The summed E-state index contributed by atoms with van der Waals surface area (Å²) in [6.07, 6.45) is 9.87. The summed E-state index contributed by atoms with van der Waals surface area (Å²) in [5, 5.41) is 33.8. The van der Waals surface area contributed by atoms with E-state index < -0.39 is 95.5 Å². The van der Waals surface area contributed by atoms with Crippen molar-refractivity contribution in [2.24, 2.45) is 39.9 Å². The maximum atomic E-state index is 14.5. The van der Waals surface area contributed by atoms with Gasteiger partial charge in [0.1, 0.15) is 42.0 Å². The third-order valence-electron chi connectivity index (χ3n) is 12.7. The largest absolute Gasteiger partial charge is 0.508 e. The standard InChI is InChI=1S/C46H72N12O9/c1-5-27(4)38(57-40(61)33(21-29-15-17-31(59)18-16-29)53-42(63)37(26(2)3)56-39(60)32(47)13-9-19-51-46(48)49)43(64)54-34(23-30-24-50-25-52-30)44(65)58-20-10-14-36(58)41(62)55-35(45(66)67)22-28-11-7-6-8-12-28/h15-18,24-28,32-38,59H,5-14,19-23,47H2,1-4H3,(H,50,52)(H,53,63)(H,54,64)(H,55,62)(H,56,60)(H,57,61)(H,66,67)(H4,48,49,51)/t27-,32-,33-,34-,35-,36-,37-,38-/m0/s1. The Hall–Kier alpha value is -6.25. The number of H-pyrrole nitrogens is 1. The summed E-state index contributed by atoms with van der Waals surface area (Å²) < 4.78 is 0. The van der Waals surface area contributed by atoms with E-state index in [1.807, 2.05) is 6.92 Å². The molecule has 1 saturated carbocycles. The lowest BCUT2D eigenvalue weighted by molar-refractivity contribution is -0.145. The molecule has 21 nitrogen and oxygen atoms in total. The normalized spacial score (nSPS) is 18.3. The molecule has 21 heteroatoms. The average Bonchev–Trinajstić information content (AvgIpc) is 4.01. The number of nitrogens with one attached hydrogen (secondary N) is 6. The van der Waals surface area contributed by atoms with Gasteiger partial charge >= 0.3 is 5.97 Å². The number of hydrogen-bond donors (Lipinski definition) is 11. The SMILES string of the molecule is CC[C@H](C)[C@H](NC(=O)[C@H](Cc1ccc(O)cc1)NC(=O)[C@@H](NC(=O)[C@@H](N)CCCN=C(N)N)C(C)C)C(=O)N[C@@H](Cc1cnc[nH]1)C(=O)N1CCC[C@H]1C(=O)N[C@@H](CC1CCCCC1)C(=O)O. The van der Waals surface area contributed by atoms with Crippen molar-refractivity contribution in [3.8, 4) is 5.75 Å². The Balaban J connectivity index is 1.54. The third kappa shape index (κ3) is 16.5. The Morgan fingerprint density at radius 1 is 0.821 bits per heavy atom. The van der Waals surface area contributed by atoms with Crippen molar-refractivity contribution in [1.29, 1.82) is 0 Å². The number of rotatable bonds is 25. The van der Waals surface area contributed by atoms with Gasteiger partial charge < -0.3 is 63.9 Å². The predicted octanol–water partition coefficient (Wildman–Crippen LogP) is 0.454. The molecule has 1 saturated heterocycles. The molecule has 0 bridgehead atoms. The van der Waals surface area contributed by atoms with Crippen LogP contribution in [0.5, 0.6) is 5.75 Å². The third-order valence-corrected chi connectivity index (χ3v) is 12.7. The number of carbonyl (C=O) groups is 7. The Kier molecular flexibility index (Phi) is 20.9. The minimum atomic E-state index is -1.29. The molecule has 1 aromatic heterocycles. The highest BCUT2D eigenvalue weighted by Crippen LogP contribution is 2.28. The number of carbonyl (C=O) groups excluding carboxylic acids is 6. The Morgan fingerprint density at radius 3 is 2.09 bits per heavy atom. The lowest BCUT2D eigenvalue weighted by Crippen LogP contribution is -2.61. The molecule has 0 radical (unpaired) electrons. The Morgan fingerprint density at radius 2 is 1.48 bits per heavy atom. The maximum absolute atomic E-state index is 14.5. The van der Waals surface area contributed by atoms with Crippen LogP contribution in [-0.4, -0.2) is 128 Å². The van der Waals surface area contributed by atoms with Crippen LogP contribution in [0.1, 0.15) is 110 Å². The number of aromatic amines is 1. The number of aromatic hydroxyl groups is 1. The topological polar surface area (TPSA) is 342 Å². The monoisotopic (exact) mass is 937 g/mol. The van der Waals surface area contributed by atoms with Crippen LogP contribution in [0, 0.1) is 17.8 Å². The van der Waals surface area contributed by atoms with Crippen LogP contribution in [0.25, 0.3) is 0 Å². The van der Waals surface area contributed by atoms with Crippen molar-refractivity contribution >= 4 is 47.4 Å². The first-order valence-corrected chi connectivity index (χ1v) is 23.5. The molecular weight excluding hydrogens is 865 g/mol. The highest BCUT2D eigenvalue weighted by molar-refractivity contribution is 5.97. The van der Waals surface area contributed by atoms with Crippen molar-refractivity contribution < 1.29 is 43.8 Å². The number of aromatic nitrogens is 2. The fourth-order valence-corrected chi connectivity index (χ4v) is 8.57. The summed E-state index contributed by atoms with van der Waals surface area (Å²) in [4.78, 5) is 109. The molecule has 1 aliphatic carbocycles. The molecule has 1 aliphatic heterocycles. The zero-order chi connectivity index (χ0) is 49.2. The van der Waals surface area contributed by atoms with E-state index in [1.54, 1.807) is 32.9 Å². The molecule has 2 aliphatic rings. The van der Waals surface area contributed by atoms with Gasteiger partial charge in [0, 0.05) is 37.8 Å². The van der Waals surface area contributed by atoms with Crippen LogP contribution in [-0.2, 0) is 46.4 Å². The van der Waals surface area contributed by atoms with E-state index in [2.05, 4.69) is 41.5 Å².